The zero-order valence-corrected chi connectivity index (χ0v) is 12.9. The molecule has 1 N–H and O–H groups in total. The number of benzene rings is 1. The number of hydrogen-bond acceptors (Lipinski definition) is 3. The van der Waals surface area contributed by atoms with Gasteiger partial charge in [0.15, 0.2) is 0 Å². The summed E-state index contributed by atoms with van der Waals surface area (Å²) in [5, 5.41) is 3.66. The molecule has 2 unspecified atom stereocenters. The molecule has 2 fully saturated rings. The third-order valence-electron chi connectivity index (χ3n) is 4.32. The van der Waals surface area contributed by atoms with Crippen LogP contribution in [0.1, 0.15) is 18.4 Å². The summed E-state index contributed by atoms with van der Waals surface area (Å²) in [4.78, 5) is 2.56. The van der Waals surface area contributed by atoms with E-state index in [1.54, 1.807) is 7.11 Å². The van der Waals surface area contributed by atoms with Crippen molar-refractivity contribution in [2.75, 3.05) is 26.7 Å². The Morgan fingerprint density at radius 3 is 3.11 bits per heavy atom. The second-order valence-corrected chi connectivity index (χ2v) is 6.47. The predicted octanol–water partition coefficient (Wildman–Crippen LogP) is 2.64. The van der Waals surface area contributed by atoms with Crippen LogP contribution in [0.15, 0.2) is 22.7 Å². The van der Waals surface area contributed by atoms with E-state index < -0.39 is 0 Å². The highest BCUT2D eigenvalue weighted by Gasteiger charge is 2.34. The van der Waals surface area contributed by atoms with E-state index in [9.17, 15) is 0 Å². The third kappa shape index (κ3) is 2.96. The molecular weight excluding hydrogens is 304 g/mol. The quantitative estimate of drug-likeness (QED) is 0.925. The molecule has 0 spiro atoms. The fraction of sp³-hybridized carbons (Fsp3) is 0.600. The summed E-state index contributed by atoms with van der Waals surface area (Å²) in [6.45, 7) is 4.60. The molecule has 1 aromatic rings. The highest BCUT2D eigenvalue weighted by molar-refractivity contribution is 9.10. The van der Waals surface area contributed by atoms with Gasteiger partial charge in [0.05, 0.1) is 7.11 Å². The normalized spacial score (nSPS) is 27.3. The second kappa shape index (κ2) is 5.81. The van der Waals surface area contributed by atoms with Gasteiger partial charge < -0.3 is 10.1 Å². The van der Waals surface area contributed by atoms with E-state index in [1.165, 1.54) is 42.5 Å². The molecule has 2 heterocycles. The van der Waals surface area contributed by atoms with Crippen molar-refractivity contribution in [2.45, 2.75) is 25.4 Å². The maximum absolute atomic E-state index is 5.32. The lowest BCUT2D eigenvalue weighted by atomic mass is 9.94. The van der Waals surface area contributed by atoms with Gasteiger partial charge in [-0.1, -0.05) is 15.9 Å². The number of nitrogens with zero attached hydrogens (tertiary/aromatic N) is 1. The van der Waals surface area contributed by atoms with Crippen LogP contribution in [0.5, 0.6) is 5.75 Å². The van der Waals surface area contributed by atoms with Crippen LogP contribution in [-0.2, 0) is 6.54 Å². The molecule has 3 nitrogen and oxygen atoms in total. The molecule has 0 bridgehead atoms. The van der Waals surface area contributed by atoms with Gasteiger partial charge in [-0.2, -0.15) is 0 Å². The molecule has 2 aliphatic heterocycles. The van der Waals surface area contributed by atoms with Gasteiger partial charge >= 0.3 is 0 Å². The lowest BCUT2D eigenvalue weighted by molar-refractivity contribution is 0.311. The molecule has 3 rings (SSSR count). The van der Waals surface area contributed by atoms with Crippen molar-refractivity contribution in [2.24, 2.45) is 5.92 Å². The molecule has 2 saturated heterocycles. The van der Waals surface area contributed by atoms with Crippen LogP contribution in [0, 0.1) is 5.92 Å². The lowest BCUT2D eigenvalue weighted by Gasteiger charge is -2.24. The van der Waals surface area contributed by atoms with E-state index >= 15 is 0 Å². The van der Waals surface area contributed by atoms with Crippen molar-refractivity contribution in [1.29, 1.82) is 0 Å². The Bertz CT molecular complexity index is 438. The van der Waals surface area contributed by atoms with Crippen LogP contribution in [0.4, 0.5) is 0 Å². The predicted molar refractivity (Wildman–Crippen MR) is 80.5 cm³/mol. The number of piperidine rings is 1. The summed E-state index contributed by atoms with van der Waals surface area (Å²) in [6.07, 6.45) is 2.71. The molecule has 104 valence electrons. The van der Waals surface area contributed by atoms with Gasteiger partial charge in [-0.05, 0) is 49.1 Å². The fourth-order valence-electron chi connectivity index (χ4n) is 3.31. The summed E-state index contributed by atoms with van der Waals surface area (Å²) >= 11 is 3.65. The van der Waals surface area contributed by atoms with E-state index in [-0.39, 0.29) is 0 Å². The molecule has 0 amide bonds. The SMILES string of the molecule is COc1ccc(Br)c(CN2CC3CCCNC3C2)c1. The third-order valence-corrected chi connectivity index (χ3v) is 5.10. The molecule has 19 heavy (non-hydrogen) atoms. The molecule has 2 aliphatic rings. The number of likely N-dealkylation sites (tertiary alicyclic amines) is 1. The summed E-state index contributed by atoms with van der Waals surface area (Å²) in [7, 11) is 1.72. The van der Waals surface area contributed by atoms with Crippen molar-refractivity contribution < 1.29 is 4.74 Å². The zero-order chi connectivity index (χ0) is 13.2. The first-order chi connectivity index (χ1) is 9.26. The number of fused-ring (bicyclic) bond motifs is 1. The average Bonchev–Trinajstić information content (AvgIpc) is 2.83. The highest BCUT2D eigenvalue weighted by Crippen LogP contribution is 2.29. The van der Waals surface area contributed by atoms with Gasteiger partial charge in [-0.3, -0.25) is 4.90 Å². The monoisotopic (exact) mass is 324 g/mol. The van der Waals surface area contributed by atoms with Crippen LogP contribution >= 0.6 is 15.9 Å². The van der Waals surface area contributed by atoms with Crippen molar-refractivity contribution in [3.63, 3.8) is 0 Å². The van der Waals surface area contributed by atoms with Crippen LogP contribution in [0.3, 0.4) is 0 Å². The molecule has 4 heteroatoms. The van der Waals surface area contributed by atoms with E-state index in [4.69, 9.17) is 4.74 Å². The van der Waals surface area contributed by atoms with Crippen LogP contribution in [0.2, 0.25) is 0 Å². The second-order valence-electron chi connectivity index (χ2n) is 5.61. The number of rotatable bonds is 3. The zero-order valence-electron chi connectivity index (χ0n) is 11.4. The summed E-state index contributed by atoms with van der Waals surface area (Å²) in [6, 6.07) is 6.92. The van der Waals surface area contributed by atoms with Gasteiger partial charge in [0.1, 0.15) is 5.75 Å². The lowest BCUT2D eigenvalue weighted by Crippen LogP contribution is -2.40. The minimum atomic E-state index is 0.707. The molecular formula is C15H21BrN2O. The first-order valence-corrected chi connectivity index (χ1v) is 7.83. The number of hydrogen-bond donors (Lipinski definition) is 1. The van der Waals surface area contributed by atoms with Crippen molar-refractivity contribution in [1.82, 2.24) is 10.2 Å². The van der Waals surface area contributed by atoms with E-state index in [0.29, 0.717) is 6.04 Å². The van der Waals surface area contributed by atoms with Crippen LogP contribution < -0.4 is 10.1 Å². The molecule has 1 aromatic carbocycles. The standard InChI is InChI=1S/C15H21BrN2O/c1-19-13-4-5-14(16)12(7-13)9-18-8-11-3-2-6-17-15(11)10-18/h4-5,7,11,15,17H,2-3,6,8-10H2,1H3. The Balaban J connectivity index is 1.68. The van der Waals surface area contributed by atoms with Crippen LogP contribution in [0.25, 0.3) is 0 Å². The van der Waals surface area contributed by atoms with Crippen molar-refractivity contribution in [3.05, 3.63) is 28.2 Å². The number of ether oxygens (including phenoxy) is 1. The Hall–Kier alpha value is -0.580. The average molecular weight is 325 g/mol. The van der Waals surface area contributed by atoms with Gasteiger partial charge in [0.2, 0.25) is 0 Å². The number of methoxy groups -OCH3 is 1. The van der Waals surface area contributed by atoms with Crippen molar-refractivity contribution in [3.8, 4) is 5.75 Å². The maximum atomic E-state index is 5.32. The molecule has 0 radical (unpaired) electrons. The fourth-order valence-corrected chi connectivity index (χ4v) is 3.68. The van der Waals surface area contributed by atoms with Gasteiger partial charge in [0.25, 0.3) is 0 Å². The Labute approximate surface area is 123 Å². The summed E-state index contributed by atoms with van der Waals surface area (Å²) < 4.78 is 6.49. The van der Waals surface area contributed by atoms with Gasteiger partial charge in [-0.15, -0.1) is 0 Å². The molecule has 0 aromatic heterocycles. The maximum Gasteiger partial charge on any atom is 0.119 e. The van der Waals surface area contributed by atoms with Crippen LogP contribution in [-0.4, -0.2) is 37.7 Å². The summed E-state index contributed by atoms with van der Waals surface area (Å²) in [5.74, 6) is 1.78. The largest absolute Gasteiger partial charge is 0.497 e. The minimum Gasteiger partial charge on any atom is -0.497 e. The Morgan fingerprint density at radius 1 is 1.42 bits per heavy atom. The summed E-state index contributed by atoms with van der Waals surface area (Å²) in [5.41, 5.74) is 1.32. The minimum absolute atomic E-state index is 0.707. The van der Waals surface area contributed by atoms with E-state index in [0.717, 1.165) is 18.2 Å². The Morgan fingerprint density at radius 2 is 2.32 bits per heavy atom. The van der Waals surface area contributed by atoms with Crippen molar-refractivity contribution >= 4 is 15.9 Å². The molecule has 0 saturated carbocycles. The molecule has 2 atom stereocenters. The first kappa shape index (κ1) is 13.4. The smallest absolute Gasteiger partial charge is 0.119 e. The van der Waals surface area contributed by atoms with Gasteiger partial charge in [0, 0.05) is 30.1 Å². The highest BCUT2D eigenvalue weighted by atomic mass is 79.9. The molecule has 0 aliphatic carbocycles. The van der Waals surface area contributed by atoms with E-state index in [1.807, 2.05) is 6.07 Å². The first-order valence-electron chi connectivity index (χ1n) is 7.04. The number of halogens is 1. The van der Waals surface area contributed by atoms with E-state index in [2.05, 4.69) is 38.3 Å². The van der Waals surface area contributed by atoms with Gasteiger partial charge in [-0.25, -0.2) is 0 Å². The number of nitrogens with one attached hydrogen (secondary N) is 1. The topological polar surface area (TPSA) is 24.5 Å². The Kier molecular flexibility index (Phi) is 4.10.